The first-order chi connectivity index (χ1) is 10.9. The Balaban J connectivity index is 1.89. The van der Waals surface area contributed by atoms with Crippen molar-refractivity contribution in [1.82, 2.24) is 10.6 Å². The number of nitrogens with one attached hydrogen (secondary N) is 2. The summed E-state index contributed by atoms with van der Waals surface area (Å²) in [6.07, 6.45) is 0.807. The van der Waals surface area contributed by atoms with Crippen LogP contribution in [-0.2, 0) is 9.59 Å². The molecule has 5 heteroatoms. The van der Waals surface area contributed by atoms with Gasteiger partial charge in [-0.2, -0.15) is 0 Å². The van der Waals surface area contributed by atoms with Crippen molar-refractivity contribution in [3.05, 3.63) is 35.4 Å². The summed E-state index contributed by atoms with van der Waals surface area (Å²) in [6, 6.07) is 7.26. The quantitative estimate of drug-likeness (QED) is 0.713. The first-order valence-corrected chi connectivity index (χ1v) is 8.21. The van der Waals surface area contributed by atoms with Gasteiger partial charge in [0.15, 0.2) is 0 Å². The molecule has 0 saturated heterocycles. The molecule has 0 aliphatic heterocycles. The van der Waals surface area contributed by atoms with Crippen LogP contribution in [0.15, 0.2) is 24.3 Å². The van der Waals surface area contributed by atoms with E-state index in [9.17, 15) is 14.7 Å². The summed E-state index contributed by atoms with van der Waals surface area (Å²) in [5.41, 5.74) is 2.33. The molecule has 1 aliphatic rings. The Kier molecular flexibility index (Phi) is 5.77. The molecule has 0 spiro atoms. The van der Waals surface area contributed by atoms with E-state index in [4.69, 9.17) is 0 Å². The van der Waals surface area contributed by atoms with E-state index in [0.717, 1.165) is 18.4 Å². The highest BCUT2D eigenvalue weighted by atomic mass is 16.3. The van der Waals surface area contributed by atoms with Gasteiger partial charge < -0.3 is 15.7 Å². The third-order valence-corrected chi connectivity index (χ3v) is 4.20. The van der Waals surface area contributed by atoms with Crippen molar-refractivity contribution in [3.8, 4) is 0 Å². The van der Waals surface area contributed by atoms with Crippen LogP contribution in [0.4, 0.5) is 0 Å². The summed E-state index contributed by atoms with van der Waals surface area (Å²) in [5.74, 6) is -0.311. The van der Waals surface area contributed by atoms with Gasteiger partial charge in [-0.3, -0.25) is 9.59 Å². The smallest absolute Gasteiger partial charge is 0.245 e. The monoisotopic (exact) mass is 318 g/mol. The predicted octanol–water partition coefficient (Wildman–Crippen LogP) is 1.49. The van der Waals surface area contributed by atoms with E-state index in [1.165, 1.54) is 12.5 Å². The lowest BCUT2D eigenvalue weighted by Crippen LogP contribution is -2.53. The maximum atomic E-state index is 12.3. The predicted molar refractivity (Wildman–Crippen MR) is 88.9 cm³/mol. The highest BCUT2D eigenvalue weighted by molar-refractivity contribution is 5.89. The van der Waals surface area contributed by atoms with Crippen LogP contribution in [-0.4, -0.2) is 35.6 Å². The van der Waals surface area contributed by atoms with Gasteiger partial charge >= 0.3 is 0 Å². The number of aliphatic hydroxyl groups excluding tert-OH is 1. The second-order valence-electron chi connectivity index (χ2n) is 6.56. The Morgan fingerprint density at radius 1 is 1.30 bits per heavy atom. The van der Waals surface area contributed by atoms with E-state index in [0.29, 0.717) is 6.54 Å². The molecule has 1 saturated carbocycles. The number of aliphatic hydroxyl groups is 1. The van der Waals surface area contributed by atoms with Crippen molar-refractivity contribution < 1.29 is 14.7 Å². The Morgan fingerprint density at radius 2 is 2.00 bits per heavy atom. The van der Waals surface area contributed by atoms with Crippen LogP contribution in [0.3, 0.4) is 0 Å². The molecule has 1 aromatic carbocycles. The van der Waals surface area contributed by atoms with Crippen molar-refractivity contribution in [2.45, 2.75) is 51.7 Å². The molecule has 0 radical (unpaired) electrons. The number of amides is 2. The third kappa shape index (κ3) is 5.06. The maximum Gasteiger partial charge on any atom is 0.245 e. The van der Waals surface area contributed by atoms with E-state index in [1.807, 2.05) is 32.0 Å². The molecule has 3 atom stereocenters. The SMILES string of the molecule is Cc1cccc(C(C)CNC(=O)C(NC(=O)C2CC2)C(C)O)c1. The standard InChI is InChI=1S/C18H26N2O3/c1-11-5-4-6-15(9-11)12(2)10-19-18(23)16(13(3)21)20-17(22)14-7-8-14/h4-6,9,12-14,16,21H,7-8,10H2,1-3H3,(H,19,23)(H,20,22). The van der Waals surface area contributed by atoms with Crippen molar-refractivity contribution in [1.29, 1.82) is 0 Å². The first-order valence-electron chi connectivity index (χ1n) is 8.21. The van der Waals surface area contributed by atoms with Gasteiger partial charge in [-0.05, 0) is 38.2 Å². The van der Waals surface area contributed by atoms with Gasteiger partial charge in [0.05, 0.1) is 6.10 Å². The van der Waals surface area contributed by atoms with E-state index in [-0.39, 0.29) is 23.7 Å². The number of carbonyl (C=O) groups is 2. The summed E-state index contributed by atoms with van der Waals surface area (Å²) in [4.78, 5) is 24.1. The Morgan fingerprint density at radius 3 is 2.57 bits per heavy atom. The average molecular weight is 318 g/mol. The number of benzene rings is 1. The first kappa shape index (κ1) is 17.5. The molecule has 3 unspecified atom stereocenters. The topological polar surface area (TPSA) is 78.4 Å². The molecule has 23 heavy (non-hydrogen) atoms. The zero-order valence-corrected chi connectivity index (χ0v) is 14.0. The van der Waals surface area contributed by atoms with E-state index in [2.05, 4.69) is 16.7 Å². The molecular formula is C18H26N2O3. The molecule has 2 rings (SSSR count). The zero-order chi connectivity index (χ0) is 17.0. The van der Waals surface area contributed by atoms with Crippen LogP contribution >= 0.6 is 0 Å². The zero-order valence-electron chi connectivity index (χ0n) is 14.0. The Hall–Kier alpha value is -1.88. The van der Waals surface area contributed by atoms with Gasteiger partial charge in [0, 0.05) is 12.5 Å². The number of carbonyl (C=O) groups excluding carboxylic acids is 2. The molecule has 0 bridgehead atoms. The molecule has 0 aromatic heterocycles. The van der Waals surface area contributed by atoms with Crippen LogP contribution in [0.25, 0.3) is 0 Å². The second-order valence-corrected chi connectivity index (χ2v) is 6.56. The number of hydrogen-bond acceptors (Lipinski definition) is 3. The Labute approximate surface area is 137 Å². The Bertz CT molecular complexity index is 567. The van der Waals surface area contributed by atoms with Gasteiger partial charge in [0.2, 0.25) is 11.8 Å². The van der Waals surface area contributed by atoms with Crippen LogP contribution in [0.1, 0.15) is 43.7 Å². The van der Waals surface area contributed by atoms with Gasteiger partial charge in [0.25, 0.3) is 0 Å². The van der Waals surface area contributed by atoms with Crippen LogP contribution in [0.2, 0.25) is 0 Å². The maximum absolute atomic E-state index is 12.3. The molecule has 5 nitrogen and oxygen atoms in total. The molecule has 2 amide bonds. The van der Waals surface area contributed by atoms with Crippen molar-refractivity contribution in [2.24, 2.45) is 5.92 Å². The largest absolute Gasteiger partial charge is 0.391 e. The number of rotatable bonds is 7. The molecule has 0 heterocycles. The summed E-state index contributed by atoms with van der Waals surface area (Å²) < 4.78 is 0. The van der Waals surface area contributed by atoms with Crippen LogP contribution < -0.4 is 10.6 Å². The fourth-order valence-corrected chi connectivity index (χ4v) is 2.48. The molecule has 1 aliphatic carbocycles. The summed E-state index contributed by atoms with van der Waals surface area (Å²) in [5, 5.41) is 15.3. The summed E-state index contributed by atoms with van der Waals surface area (Å²) in [7, 11) is 0. The molecule has 1 aromatic rings. The van der Waals surface area contributed by atoms with Gasteiger partial charge in [-0.15, -0.1) is 0 Å². The normalized spacial score (nSPS) is 17.9. The second kappa shape index (κ2) is 7.59. The molecule has 126 valence electrons. The highest BCUT2D eigenvalue weighted by Gasteiger charge is 2.34. The molecule has 3 N–H and O–H groups in total. The average Bonchev–Trinajstić information content (AvgIpc) is 3.34. The van der Waals surface area contributed by atoms with Crippen LogP contribution in [0.5, 0.6) is 0 Å². The number of hydrogen-bond donors (Lipinski definition) is 3. The minimum absolute atomic E-state index is 0.00951. The minimum Gasteiger partial charge on any atom is -0.391 e. The molecular weight excluding hydrogens is 292 g/mol. The fourth-order valence-electron chi connectivity index (χ4n) is 2.48. The van der Waals surface area contributed by atoms with Crippen molar-refractivity contribution in [3.63, 3.8) is 0 Å². The van der Waals surface area contributed by atoms with E-state index >= 15 is 0 Å². The molecule has 1 fully saturated rings. The van der Waals surface area contributed by atoms with Crippen molar-refractivity contribution in [2.75, 3.05) is 6.54 Å². The van der Waals surface area contributed by atoms with Gasteiger partial charge in [-0.1, -0.05) is 36.8 Å². The summed E-state index contributed by atoms with van der Waals surface area (Å²) in [6.45, 7) is 6.05. The van der Waals surface area contributed by atoms with Crippen molar-refractivity contribution >= 4 is 11.8 Å². The highest BCUT2D eigenvalue weighted by Crippen LogP contribution is 2.29. The van der Waals surface area contributed by atoms with Crippen LogP contribution in [0, 0.1) is 12.8 Å². The van der Waals surface area contributed by atoms with E-state index < -0.39 is 12.1 Å². The lowest BCUT2D eigenvalue weighted by atomic mass is 9.99. The minimum atomic E-state index is -0.924. The fraction of sp³-hybridized carbons (Fsp3) is 0.556. The lowest BCUT2D eigenvalue weighted by Gasteiger charge is -2.22. The van der Waals surface area contributed by atoms with Gasteiger partial charge in [-0.25, -0.2) is 0 Å². The third-order valence-electron chi connectivity index (χ3n) is 4.20. The number of aryl methyl sites for hydroxylation is 1. The van der Waals surface area contributed by atoms with Gasteiger partial charge in [0.1, 0.15) is 6.04 Å². The summed E-state index contributed by atoms with van der Waals surface area (Å²) >= 11 is 0. The van der Waals surface area contributed by atoms with E-state index in [1.54, 1.807) is 0 Å². The lowest BCUT2D eigenvalue weighted by molar-refractivity contribution is -0.132.